The number of fused-ring (bicyclic) bond motifs is 1. The number of anilines is 1. The topological polar surface area (TPSA) is 144 Å². The molecule has 0 saturated carbocycles. The molecule has 134 valence electrons. The number of nitrogens with zero attached hydrogens (tertiary/aromatic N) is 4. The summed E-state index contributed by atoms with van der Waals surface area (Å²) in [6.45, 7) is 3.25. The van der Waals surface area contributed by atoms with Crippen LogP contribution in [0.3, 0.4) is 0 Å². The zero-order valence-electron chi connectivity index (χ0n) is 13.2. The van der Waals surface area contributed by atoms with E-state index in [4.69, 9.17) is 9.47 Å². The molecule has 0 radical (unpaired) electrons. The maximum Gasteiger partial charge on any atom is 0.426 e. The average Bonchev–Trinajstić information content (AvgIpc) is 3.21. The normalized spacial score (nSPS) is 22.7. The second-order valence-corrected chi connectivity index (χ2v) is 5.30. The van der Waals surface area contributed by atoms with Crippen LogP contribution in [0.5, 0.6) is 0 Å². The highest BCUT2D eigenvalue weighted by atomic mass is 16.6. The summed E-state index contributed by atoms with van der Waals surface area (Å²) < 4.78 is 12.0. The molecule has 0 aliphatic carbocycles. The number of aromatic nitrogens is 4. The molecular formula is C14H18N6O5. The largest absolute Gasteiger partial charge is 0.444 e. The molecule has 0 unspecified atom stereocenters. The van der Waals surface area contributed by atoms with Crippen molar-refractivity contribution >= 4 is 23.1 Å². The number of amides is 1. The van der Waals surface area contributed by atoms with Crippen LogP contribution in [0.2, 0.25) is 0 Å². The highest BCUT2D eigenvalue weighted by Crippen LogP contribution is 2.31. The molecule has 3 heterocycles. The molecule has 11 nitrogen and oxygen atoms in total. The number of aliphatic hydroxyl groups excluding tert-OH is 2. The molecule has 3 atom stereocenters. The summed E-state index contributed by atoms with van der Waals surface area (Å²) in [6, 6.07) is 0. The summed E-state index contributed by atoms with van der Waals surface area (Å²) in [6.07, 6.45) is 1.92. The number of nitrogens with one attached hydrogen (secondary N) is 2. The van der Waals surface area contributed by atoms with Gasteiger partial charge < -0.3 is 19.7 Å². The third kappa shape index (κ3) is 3.52. The van der Waals surface area contributed by atoms with Gasteiger partial charge in [0, 0.05) is 6.42 Å². The number of hydrogen-bond acceptors (Lipinski definition) is 9. The van der Waals surface area contributed by atoms with Crippen molar-refractivity contribution in [3.8, 4) is 0 Å². The van der Waals surface area contributed by atoms with Crippen LogP contribution in [0.15, 0.2) is 25.3 Å². The van der Waals surface area contributed by atoms with E-state index in [0.717, 1.165) is 0 Å². The second-order valence-electron chi connectivity index (χ2n) is 5.30. The van der Waals surface area contributed by atoms with Gasteiger partial charge in [-0.2, -0.15) is 0 Å². The molecule has 11 heteroatoms. The van der Waals surface area contributed by atoms with Crippen LogP contribution in [-0.2, 0) is 9.47 Å². The predicted octanol–water partition coefficient (Wildman–Crippen LogP) is -0.294. The van der Waals surface area contributed by atoms with Crippen LogP contribution in [0, 0.1) is 0 Å². The van der Waals surface area contributed by atoms with Crippen LogP contribution in [-0.4, -0.2) is 61.2 Å². The Balaban J connectivity index is 1.76. The van der Waals surface area contributed by atoms with Crippen LogP contribution in [0.1, 0.15) is 12.6 Å². The quantitative estimate of drug-likeness (QED) is 0.408. The van der Waals surface area contributed by atoms with Crippen molar-refractivity contribution in [2.75, 3.05) is 18.6 Å². The van der Waals surface area contributed by atoms with Gasteiger partial charge in [-0.15, -0.1) is 0 Å². The molecule has 1 amide bonds. The van der Waals surface area contributed by atoms with Crippen molar-refractivity contribution < 1.29 is 24.5 Å². The summed E-state index contributed by atoms with van der Waals surface area (Å²) in [5.74, 6) is 0.275. The number of aliphatic hydroxyl groups is 2. The molecule has 1 fully saturated rings. The fraction of sp³-hybridized carbons (Fsp3) is 0.429. The smallest absolute Gasteiger partial charge is 0.426 e. The van der Waals surface area contributed by atoms with Crippen molar-refractivity contribution in [1.29, 1.82) is 0 Å². The average molecular weight is 350 g/mol. The van der Waals surface area contributed by atoms with Crippen molar-refractivity contribution in [3.05, 3.63) is 25.3 Å². The number of hydrogen-bond donors (Lipinski definition) is 4. The number of hydrazine groups is 1. The maximum absolute atomic E-state index is 11.4. The first kappa shape index (κ1) is 17.1. The monoisotopic (exact) mass is 350 g/mol. The van der Waals surface area contributed by atoms with E-state index in [1.165, 1.54) is 18.7 Å². The van der Waals surface area contributed by atoms with E-state index >= 15 is 0 Å². The fourth-order valence-corrected chi connectivity index (χ4v) is 2.49. The zero-order valence-corrected chi connectivity index (χ0v) is 13.2. The summed E-state index contributed by atoms with van der Waals surface area (Å²) in [5.41, 5.74) is 5.79. The first-order chi connectivity index (χ1) is 12.1. The highest BCUT2D eigenvalue weighted by Gasteiger charge is 2.35. The van der Waals surface area contributed by atoms with E-state index < -0.39 is 24.5 Å². The Morgan fingerprint density at radius 1 is 1.52 bits per heavy atom. The summed E-state index contributed by atoms with van der Waals surface area (Å²) in [4.78, 5) is 23.9. The van der Waals surface area contributed by atoms with Gasteiger partial charge in [-0.1, -0.05) is 12.7 Å². The SMILES string of the molecule is C=CCOC(=O)NNc1ncnc2c1ncn2[C@H]1C[C@H](O)[C@@H](CO)O1. The molecule has 0 aromatic carbocycles. The molecule has 1 aliphatic rings. The van der Waals surface area contributed by atoms with Crippen molar-refractivity contribution in [3.63, 3.8) is 0 Å². The Hall–Kier alpha value is -2.76. The van der Waals surface area contributed by atoms with Gasteiger partial charge in [0.25, 0.3) is 0 Å². The predicted molar refractivity (Wildman–Crippen MR) is 85.2 cm³/mol. The summed E-state index contributed by atoms with van der Waals surface area (Å²) in [7, 11) is 0. The Morgan fingerprint density at radius 2 is 2.36 bits per heavy atom. The highest BCUT2D eigenvalue weighted by molar-refractivity contribution is 5.83. The van der Waals surface area contributed by atoms with Crippen LogP contribution >= 0.6 is 0 Å². The van der Waals surface area contributed by atoms with Crippen LogP contribution < -0.4 is 10.9 Å². The Kier molecular flexibility index (Phi) is 5.07. The summed E-state index contributed by atoms with van der Waals surface area (Å²) in [5, 5.41) is 19.1. The minimum absolute atomic E-state index is 0.0781. The molecule has 3 rings (SSSR count). The Morgan fingerprint density at radius 3 is 3.08 bits per heavy atom. The standard InChI is InChI=1S/C14H18N6O5/c1-2-3-24-14(23)19-18-12-11-13(16-6-15-12)20(7-17-11)10-4-8(22)9(5-21)25-10/h2,6-10,21-22H,1,3-5H2,(H,19,23)(H,15,16,18)/t8-,9+,10+/m0/s1. The van der Waals surface area contributed by atoms with Crippen molar-refractivity contribution in [2.45, 2.75) is 24.9 Å². The number of carbonyl (C=O) groups is 1. The number of carbonyl (C=O) groups excluding carboxylic acids is 1. The molecule has 2 aromatic rings. The lowest BCUT2D eigenvalue weighted by Crippen LogP contribution is -2.30. The second kappa shape index (κ2) is 7.42. The first-order valence-electron chi connectivity index (χ1n) is 7.55. The molecular weight excluding hydrogens is 332 g/mol. The first-order valence-corrected chi connectivity index (χ1v) is 7.55. The lowest BCUT2D eigenvalue weighted by atomic mass is 10.2. The van der Waals surface area contributed by atoms with E-state index in [1.807, 2.05) is 0 Å². The lowest BCUT2D eigenvalue weighted by molar-refractivity contribution is -0.0432. The summed E-state index contributed by atoms with van der Waals surface area (Å²) >= 11 is 0. The van der Waals surface area contributed by atoms with Gasteiger partial charge >= 0.3 is 6.09 Å². The number of ether oxygens (including phenoxy) is 2. The van der Waals surface area contributed by atoms with Crippen LogP contribution in [0.25, 0.3) is 11.2 Å². The van der Waals surface area contributed by atoms with Gasteiger partial charge in [-0.3, -0.25) is 9.99 Å². The van der Waals surface area contributed by atoms with E-state index in [-0.39, 0.29) is 19.0 Å². The van der Waals surface area contributed by atoms with E-state index in [2.05, 4.69) is 32.4 Å². The fourth-order valence-electron chi connectivity index (χ4n) is 2.49. The zero-order chi connectivity index (χ0) is 17.8. The van der Waals surface area contributed by atoms with Crippen molar-refractivity contribution in [1.82, 2.24) is 24.9 Å². The molecule has 1 saturated heterocycles. The van der Waals surface area contributed by atoms with Crippen LogP contribution in [0.4, 0.5) is 10.6 Å². The maximum atomic E-state index is 11.4. The van der Waals surface area contributed by atoms with Gasteiger partial charge in [0.2, 0.25) is 0 Å². The minimum atomic E-state index is -0.770. The van der Waals surface area contributed by atoms with E-state index in [1.54, 1.807) is 4.57 Å². The van der Waals surface area contributed by atoms with Gasteiger partial charge in [0.1, 0.15) is 25.3 Å². The lowest BCUT2D eigenvalue weighted by Gasteiger charge is -2.13. The molecule has 2 aromatic heterocycles. The van der Waals surface area contributed by atoms with Gasteiger partial charge in [0.05, 0.1) is 19.0 Å². The van der Waals surface area contributed by atoms with Gasteiger partial charge in [-0.25, -0.2) is 25.2 Å². The van der Waals surface area contributed by atoms with E-state index in [9.17, 15) is 15.0 Å². The molecule has 25 heavy (non-hydrogen) atoms. The van der Waals surface area contributed by atoms with Gasteiger partial charge in [0.15, 0.2) is 17.0 Å². The minimum Gasteiger partial charge on any atom is -0.444 e. The molecule has 0 spiro atoms. The third-order valence-electron chi connectivity index (χ3n) is 3.67. The van der Waals surface area contributed by atoms with Crippen molar-refractivity contribution in [2.24, 2.45) is 0 Å². The Labute approximate surface area is 142 Å². The number of rotatable bonds is 6. The number of imidazole rings is 1. The van der Waals surface area contributed by atoms with E-state index in [0.29, 0.717) is 17.6 Å². The third-order valence-corrected chi connectivity index (χ3v) is 3.67. The Bertz CT molecular complexity index is 765. The molecule has 0 bridgehead atoms. The van der Waals surface area contributed by atoms with Gasteiger partial charge in [-0.05, 0) is 0 Å². The molecule has 4 N–H and O–H groups in total. The molecule has 1 aliphatic heterocycles.